The number of esters is 1. The summed E-state index contributed by atoms with van der Waals surface area (Å²) < 4.78 is 5.19. The molecule has 34 heavy (non-hydrogen) atoms. The van der Waals surface area contributed by atoms with Gasteiger partial charge in [0.1, 0.15) is 11.6 Å². The Morgan fingerprint density at radius 1 is 0.853 bits per heavy atom. The molecule has 4 nitrogen and oxygen atoms in total. The summed E-state index contributed by atoms with van der Waals surface area (Å²) in [5.41, 5.74) is 6.13. The highest BCUT2D eigenvalue weighted by atomic mass is 35.5. The molecule has 0 radical (unpaired) electrons. The highest BCUT2D eigenvalue weighted by molar-refractivity contribution is 6.26. The van der Waals surface area contributed by atoms with Crippen LogP contribution in [0.3, 0.4) is 0 Å². The molecule has 3 aromatic carbocycles. The van der Waals surface area contributed by atoms with Gasteiger partial charge in [-0.25, -0.2) is 4.79 Å². The Bertz CT molecular complexity index is 1130. The van der Waals surface area contributed by atoms with E-state index in [2.05, 4.69) is 19.1 Å². The lowest BCUT2D eigenvalue weighted by atomic mass is 9.88. The predicted octanol–water partition coefficient (Wildman–Crippen LogP) is 7.32. The zero-order valence-corrected chi connectivity index (χ0v) is 20.4. The Kier molecular flexibility index (Phi) is 10.8. The van der Waals surface area contributed by atoms with E-state index in [4.69, 9.17) is 21.4 Å². The van der Waals surface area contributed by atoms with E-state index < -0.39 is 11.9 Å². The topological polar surface area (TPSA) is 63.6 Å². The van der Waals surface area contributed by atoms with Crippen molar-refractivity contribution in [2.75, 3.05) is 5.88 Å². The van der Waals surface area contributed by atoms with Gasteiger partial charge in [0.2, 0.25) is 0 Å². The number of alkyl halides is 1. The van der Waals surface area contributed by atoms with Crippen LogP contribution in [0.4, 0.5) is 0 Å². The average Bonchev–Trinajstić information content (AvgIpc) is 2.88. The summed E-state index contributed by atoms with van der Waals surface area (Å²) >= 11 is 5.52. The van der Waals surface area contributed by atoms with E-state index in [1.807, 2.05) is 68.4 Å². The first-order chi connectivity index (χ1) is 16.5. The van der Waals surface area contributed by atoms with Crippen LogP contribution < -0.4 is 4.74 Å². The lowest BCUT2D eigenvalue weighted by Crippen LogP contribution is -2.08. The quantitative estimate of drug-likeness (QED) is 0.121. The summed E-state index contributed by atoms with van der Waals surface area (Å²) in [4.78, 5) is 22.3. The van der Waals surface area contributed by atoms with Gasteiger partial charge in [-0.05, 0) is 58.0 Å². The van der Waals surface area contributed by atoms with Gasteiger partial charge in [0.05, 0.1) is 0 Å². The van der Waals surface area contributed by atoms with Crippen LogP contribution in [0.1, 0.15) is 49.4 Å². The third kappa shape index (κ3) is 7.46. The van der Waals surface area contributed by atoms with E-state index >= 15 is 0 Å². The highest BCUT2D eigenvalue weighted by Crippen LogP contribution is 2.35. The number of ether oxygens (including phenoxy) is 1. The van der Waals surface area contributed by atoms with Crippen molar-refractivity contribution in [3.8, 4) is 5.75 Å². The zero-order valence-electron chi connectivity index (χ0n) is 19.6. The van der Waals surface area contributed by atoms with Crippen LogP contribution in [0.25, 0.3) is 17.2 Å². The maximum atomic E-state index is 11.5. The molecule has 0 saturated carbocycles. The van der Waals surface area contributed by atoms with Gasteiger partial charge >= 0.3 is 11.9 Å². The van der Waals surface area contributed by atoms with Crippen molar-refractivity contribution in [1.29, 1.82) is 0 Å². The normalized spacial score (nSPS) is 11.3. The number of halogens is 1. The number of allylic oxidation sites excluding steroid dienone is 1. The number of hydrogen-bond acceptors (Lipinski definition) is 3. The Labute approximate surface area is 206 Å². The molecule has 176 valence electrons. The Balaban J connectivity index is 0.00000199. The average molecular weight is 477 g/mol. The Morgan fingerprint density at radius 3 is 1.91 bits per heavy atom. The number of benzene rings is 3. The molecule has 0 heterocycles. The van der Waals surface area contributed by atoms with Gasteiger partial charge in [0, 0.05) is 6.08 Å². The summed E-state index contributed by atoms with van der Waals surface area (Å²) in [6, 6.07) is 25.3. The second kappa shape index (κ2) is 13.8. The summed E-state index contributed by atoms with van der Waals surface area (Å²) in [5.74, 6) is -1.25. The molecule has 0 amide bonds. The van der Waals surface area contributed by atoms with Gasteiger partial charge < -0.3 is 9.84 Å². The minimum absolute atomic E-state index is 0.205. The first kappa shape index (κ1) is 26.6. The molecule has 0 aromatic heterocycles. The van der Waals surface area contributed by atoms with Crippen molar-refractivity contribution < 1.29 is 19.4 Å². The Hall–Kier alpha value is -3.63. The monoisotopic (exact) mass is 476 g/mol. The number of carbonyl (C=O) groups excluding carboxylic acids is 1. The largest absolute Gasteiger partial charge is 0.478 e. The molecule has 0 aliphatic rings. The number of hydrogen-bond donors (Lipinski definition) is 1. The molecular formula is C29H29ClO4. The van der Waals surface area contributed by atoms with Crippen LogP contribution in [-0.2, 0) is 9.59 Å². The minimum atomic E-state index is -0.984. The molecule has 0 atom stereocenters. The SMILES string of the molecule is CC.CC/C(=C(\c1ccc(/C=C/C(=O)O)cc1)c1ccc(OC(=O)CCl)cc1)c1ccccc1. The van der Waals surface area contributed by atoms with Crippen LogP contribution in [0, 0.1) is 0 Å². The van der Waals surface area contributed by atoms with E-state index in [0.29, 0.717) is 5.75 Å². The molecule has 0 fully saturated rings. The zero-order chi connectivity index (χ0) is 24.9. The standard InChI is InChI=1S/C27H23ClO4.C2H6/c1-2-24(20-6-4-3-5-7-20)27(21-11-8-19(9-12-21)10-17-25(29)30)22-13-15-23(16-14-22)32-26(31)18-28;1-2/h3-17H,2,18H2,1H3,(H,29,30);1-2H3/b17-10+,27-24-;. The smallest absolute Gasteiger partial charge is 0.328 e. The third-order valence-corrected chi connectivity index (χ3v) is 5.10. The first-order valence-electron chi connectivity index (χ1n) is 11.2. The predicted molar refractivity (Wildman–Crippen MR) is 140 cm³/mol. The second-order valence-corrected chi connectivity index (χ2v) is 7.27. The maximum absolute atomic E-state index is 11.5. The van der Waals surface area contributed by atoms with Gasteiger partial charge in [-0.2, -0.15) is 0 Å². The number of carbonyl (C=O) groups is 2. The van der Waals surface area contributed by atoms with Gasteiger partial charge in [-0.3, -0.25) is 4.79 Å². The maximum Gasteiger partial charge on any atom is 0.328 e. The van der Waals surface area contributed by atoms with Crippen molar-refractivity contribution in [1.82, 2.24) is 0 Å². The van der Waals surface area contributed by atoms with Gasteiger partial charge in [0.15, 0.2) is 0 Å². The Morgan fingerprint density at radius 2 is 1.41 bits per heavy atom. The molecule has 0 unspecified atom stereocenters. The molecule has 0 bridgehead atoms. The summed E-state index contributed by atoms with van der Waals surface area (Å²) in [6.45, 7) is 6.11. The lowest BCUT2D eigenvalue weighted by molar-refractivity contribution is -0.132. The lowest BCUT2D eigenvalue weighted by Gasteiger charge is -2.17. The summed E-state index contributed by atoms with van der Waals surface area (Å²) in [5, 5.41) is 8.86. The van der Waals surface area contributed by atoms with Crippen molar-refractivity contribution in [3.05, 3.63) is 107 Å². The molecule has 0 aliphatic carbocycles. The first-order valence-corrected chi connectivity index (χ1v) is 11.7. The molecule has 0 aliphatic heterocycles. The van der Waals surface area contributed by atoms with E-state index in [1.165, 1.54) is 5.57 Å². The third-order valence-electron chi connectivity index (χ3n) is 4.88. The number of aliphatic carboxylic acids is 1. The number of carboxylic acid groups (broad SMARTS) is 1. The molecular weight excluding hydrogens is 448 g/mol. The van der Waals surface area contributed by atoms with Crippen LogP contribution in [0.2, 0.25) is 0 Å². The van der Waals surface area contributed by atoms with Crippen molar-refractivity contribution in [3.63, 3.8) is 0 Å². The molecule has 0 saturated heterocycles. The minimum Gasteiger partial charge on any atom is -0.478 e. The molecule has 3 rings (SSSR count). The highest BCUT2D eigenvalue weighted by Gasteiger charge is 2.14. The van der Waals surface area contributed by atoms with E-state index in [0.717, 1.165) is 40.3 Å². The van der Waals surface area contributed by atoms with Crippen molar-refractivity contribution >= 4 is 40.8 Å². The second-order valence-electron chi connectivity index (χ2n) is 7.00. The van der Waals surface area contributed by atoms with E-state index in [9.17, 15) is 9.59 Å². The van der Waals surface area contributed by atoms with Gasteiger partial charge in [0.25, 0.3) is 0 Å². The van der Waals surface area contributed by atoms with E-state index in [1.54, 1.807) is 18.2 Å². The van der Waals surface area contributed by atoms with Gasteiger partial charge in [-0.15, -0.1) is 11.6 Å². The van der Waals surface area contributed by atoms with Crippen molar-refractivity contribution in [2.24, 2.45) is 0 Å². The van der Waals surface area contributed by atoms with Crippen LogP contribution in [0.15, 0.2) is 84.9 Å². The van der Waals surface area contributed by atoms with Crippen LogP contribution in [-0.4, -0.2) is 22.9 Å². The number of rotatable bonds is 8. The fourth-order valence-corrected chi connectivity index (χ4v) is 3.51. The van der Waals surface area contributed by atoms with Crippen molar-refractivity contribution in [2.45, 2.75) is 27.2 Å². The molecule has 1 N–H and O–H groups in total. The van der Waals surface area contributed by atoms with Gasteiger partial charge in [-0.1, -0.05) is 87.5 Å². The molecule has 5 heteroatoms. The summed E-state index contributed by atoms with van der Waals surface area (Å²) in [7, 11) is 0. The molecule has 3 aromatic rings. The number of carboxylic acids is 1. The summed E-state index contributed by atoms with van der Waals surface area (Å²) in [6.07, 6.45) is 3.49. The molecule has 0 spiro atoms. The fraction of sp³-hybridized carbons (Fsp3) is 0.172. The van der Waals surface area contributed by atoms with Crippen LogP contribution >= 0.6 is 11.6 Å². The van der Waals surface area contributed by atoms with Crippen LogP contribution in [0.5, 0.6) is 5.75 Å². The van der Waals surface area contributed by atoms with E-state index in [-0.39, 0.29) is 5.88 Å². The fourth-order valence-electron chi connectivity index (χ4n) is 3.46.